The van der Waals surface area contributed by atoms with Crippen molar-refractivity contribution in [1.29, 1.82) is 0 Å². The highest BCUT2D eigenvalue weighted by molar-refractivity contribution is 8.20. The van der Waals surface area contributed by atoms with Crippen LogP contribution in [0.2, 0.25) is 0 Å². The van der Waals surface area contributed by atoms with Gasteiger partial charge in [0.25, 0.3) is 0 Å². The van der Waals surface area contributed by atoms with Crippen molar-refractivity contribution in [3.05, 3.63) is 35.4 Å². The van der Waals surface area contributed by atoms with E-state index in [4.69, 9.17) is 0 Å². The van der Waals surface area contributed by atoms with Crippen molar-refractivity contribution in [1.82, 2.24) is 14.3 Å². The van der Waals surface area contributed by atoms with Crippen molar-refractivity contribution in [3.63, 3.8) is 0 Å². The summed E-state index contributed by atoms with van der Waals surface area (Å²) < 4.78 is 23.3. The van der Waals surface area contributed by atoms with Crippen LogP contribution in [0.25, 0.3) is 0 Å². The third-order valence-electron chi connectivity index (χ3n) is 2.92. The predicted molar refractivity (Wildman–Crippen MR) is 76.4 cm³/mol. The van der Waals surface area contributed by atoms with E-state index in [1.165, 1.54) is 11.2 Å². The van der Waals surface area contributed by atoms with Gasteiger partial charge in [-0.05, 0) is 11.1 Å². The number of nitrogens with zero attached hydrogens (tertiary/aromatic N) is 1. The van der Waals surface area contributed by atoms with Crippen LogP contribution in [0.15, 0.2) is 24.3 Å². The number of carbonyl (C=O) groups excluding carboxylic acids is 1. The highest BCUT2D eigenvalue weighted by Crippen LogP contribution is 2.44. The first-order valence-electron chi connectivity index (χ1n) is 6.18. The van der Waals surface area contributed by atoms with Gasteiger partial charge in [-0.15, -0.1) is 0 Å². The molecule has 1 atom stereocenters. The van der Waals surface area contributed by atoms with Crippen molar-refractivity contribution < 1.29 is 19.0 Å². The zero-order valence-corrected chi connectivity index (χ0v) is 11.9. The van der Waals surface area contributed by atoms with Crippen LogP contribution in [0.5, 0.6) is 0 Å². The first-order chi connectivity index (χ1) is 9.37. The minimum absolute atomic E-state index is 0.101. The molecule has 1 aromatic rings. The molecule has 2 rings (SSSR count). The van der Waals surface area contributed by atoms with Crippen LogP contribution in [-0.4, -0.2) is 37.2 Å². The van der Waals surface area contributed by atoms with Crippen molar-refractivity contribution >= 4 is 16.9 Å². The highest BCUT2D eigenvalue weighted by atomic mass is 32.3. The molecular formula is C12H19N3O4S. The minimum Gasteiger partial charge on any atom is -0.376 e. The summed E-state index contributed by atoms with van der Waals surface area (Å²) in [5.74, 6) is -0.101. The van der Waals surface area contributed by atoms with E-state index in [9.17, 15) is 19.0 Å². The summed E-state index contributed by atoms with van der Waals surface area (Å²) in [6.45, 7) is 2.34. The molecule has 1 amide bonds. The number of benzene rings is 1. The average molecular weight is 301 g/mol. The molecule has 1 fully saturated rings. The van der Waals surface area contributed by atoms with Crippen LogP contribution >= 0.6 is 11.0 Å². The Labute approximate surface area is 119 Å². The molecular weight excluding hydrogens is 282 g/mol. The maximum absolute atomic E-state index is 10.9. The fourth-order valence-electron chi connectivity index (χ4n) is 2.01. The van der Waals surface area contributed by atoms with E-state index in [0.717, 1.165) is 11.1 Å². The van der Waals surface area contributed by atoms with Gasteiger partial charge in [0.1, 0.15) is 6.23 Å². The van der Waals surface area contributed by atoms with Gasteiger partial charge in [-0.1, -0.05) is 35.2 Å². The Morgan fingerprint density at radius 3 is 2.80 bits per heavy atom. The summed E-state index contributed by atoms with van der Waals surface area (Å²) in [5, 5.41) is 12.1. The van der Waals surface area contributed by atoms with E-state index in [-0.39, 0.29) is 12.5 Å². The molecule has 1 saturated heterocycles. The zero-order valence-electron chi connectivity index (χ0n) is 11.1. The molecule has 0 radical (unpaired) electrons. The number of hydrogen-bond acceptors (Lipinski definition) is 6. The monoisotopic (exact) mass is 301 g/mol. The van der Waals surface area contributed by atoms with Crippen LogP contribution in [0, 0.1) is 0 Å². The van der Waals surface area contributed by atoms with Crippen LogP contribution in [0.1, 0.15) is 18.1 Å². The second-order valence-electron chi connectivity index (χ2n) is 4.70. The van der Waals surface area contributed by atoms with Gasteiger partial charge in [-0.2, -0.15) is 9.03 Å². The average Bonchev–Trinajstić information content (AvgIpc) is 2.60. The minimum atomic E-state index is -3.11. The van der Waals surface area contributed by atoms with Gasteiger partial charge >= 0.3 is 0 Å². The van der Waals surface area contributed by atoms with Crippen molar-refractivity contribution in [2.24, 2.45) is 0 Å². The van der Waals surface area contributed by atoms with Gasteiger partial charge in [0.2, 0.25) is 5.91 Å². The van der Waals surface area contributed by atoms with Gasteiger partial charge in [-0.3, -0.25) is 13.9 Å². The lowest BCUT2D eigenvalue weighted by Crippen LogP contribution is -2.25. The van der Waals surface area contributed by atoms with Crippen LogP contribution in [0.4, 0.5) is 0 Å². The highest BCUT2D eigenvalue weighted by Gasteiger charge is 2.34. The summed E-state index contributed by atoms with van der Waals surface area (Å²) in [6.07, 6.45) is -0.942. The smallest absolute Gasteiger partial charge is 0.217 e. The Kier molecular flexibility index (Phi) is 4.63. The number of amides is 1. The van der Waals surface area contributed by atoms with E-state index in [1.54, 1.807) is 0 Å². The third-order valence-corrected chi connectivity index (χ3v) is 4.51. The van der Waals surface area contributed by atoms with E-state index in [1.807, 2.05) is 24.3 Å². The second kappa shape index (κ2) is 6.08. The van der Waals surface area contributed by atoms with Gasteiger partial charge in [0.15, 0.2) is 0 Å². The lowest BCUT2D eigenvalue weighted by molar-refractivity contribution is -0.119. The summed E-state index contributed by atoms with van der Waals surface area (Å²) >= 11 is 0. The molecule has 0 saturated carbocycles. The number of aliphatic hydroxyl groups is 1. The molecule has 7 nitrogen and oxygen atoms in total. The standard InChI is InChI=1S/C12H19N3O4S/c1-9(16)13-6-10-3-2-4-11(5-10)7-15-8-12(17)14-20(15,18)19/h2-5,12,14,17-19H,6-8H2,1H3,(H,13,16). The Bertz CT molecular complexity index is 497. The molecule has 1 aromatic carbocycles. The molecule has 0 aromatic heterocycles. The fourth-order valence-corrected chi connectivity index (χ4v) is 3.28. The Balaban J connectivity index is 2.02. The van der Waals surface area contributed by atoms with Gasteiger partial charge < -0.3 is 10.4 Å². The van der Waals surface area contributed by atoms with Gasteiger partial charge in [0.05, 0.1) is 6.54 Å². The third kappa shape index (κ3) is 3.92. The van der Waals surface area contributed by atoms with Crippen molar-refractivity contribution in [2.45, 2.75) is 26.2 Å². The largest absolute Gasteiger partial charge is 0.376 e. The second-order valence-corrected chi connectivity index (χ2v) is 6.49. The number of rotatable bonds is 4. The molecule has 1 aliphatic rings. The molecule has 5 N–H and O–H groups in total. The predicted octanol–water partition coefficient (Wildman–Crippen LogP) is 0.627. The first-order valence-corrected chi connectivity index (χ1v) is 7.68. The van der Waals surface area contributed by atoms with E-state index in [2.05, 4.69) is 10.0 Å². The number of carbonyl (C=O) groups is 1. The maximum Gasteiger partial charge on any atom is 0.217 e. The SMILES string of the molecule is CC(=O)NCc1cccc(CN2CC(O)NS2(O)O)c1. The zero-order chi connectivity index (χ0) is 14.8. The molecule has 0 bridgehead atoms. The molecule has 1 unspecified atom stereocenters. The molecule has 20 heavy (non-hydrogen) atoms. The van der Waals surface area contributed by atoms with Crippen molar-refractivity contribution in [2.75, 3.05) is 6.54 Å². The summed E-state index contributed by atoms with van der Waals surface area (Å²) in [7, 11) is -3.11. The van der Waals surface area contributed by atoms with Crippen LogP contribution in [-0.2, 0) is 17.9 Å². The molecule has 1 heterocycles. The summed E-state index contributed by atoms with van der Waals surface area (Å²) in [4.78, 5) is 10.9. The van der Waals surface area contributed by atoms with E-state index in [0.29, 0.717) is 13.1 Å². The summed E-state index contributed by atoms with van der Waals surface area (Å²) in [5.41, 5.74) is 1.81. The maximum atomic E-state index is 10.9. The number of hydrogen-bond donors (Lipinski definition) is 5. The van der Waals surface area contributed by atoms with Crippen LogP contribution in [0.3, 0.4) is 0 Å². The molecule has 112 valence electrons. The lowest BCUT2D eigenvalue weighted by atomic mass is 10.1. The Morgan fingerprint density at radius 2 is 2.20 bits per heavy atom. The Hall–Kier alpha value is -1.16. The lowest BCUT2D eigenvalue weighted by Gasteiger charge is -2.35. The number of nitrogens with one attached hydrogen (secondary N) is 2. The molecule has 1 aliphatic heterocycles. The quantitative estimate of drug-likeness (QED) is 0.558. The number of β-amino-alcohol motifs (C(OH)–C–C–N with tert-alkyl or cyclic N) is 1. The fraction of sp³-hybridized carbons (Fsp3) is 0.417. The summed E-state index contributed by atoms with van der Waals surface area (Å²) in [6, 6.07) is 7.47. The Morgan fingerprint density at radius 1 is 1.50 bits per heavy atom. The van der Waals surface area contributed by atoms with E-state index < -0.39 is 17.2 Å². The van der Waals surface area contributed by atoms with Crippen LogP contribution < -0.4 is 10.0 Å². The normalized spacial score (nSPS) is 23.5. The first kappa shape index (κ1) is 15.2. The number of aliphatic hydroxyl groups excluding tert-OH is 1. The molecule has 0 aliphatic carbocycles. The van der Waals surface area contributed by atoms with Gasteiger partial charge in [0, 0.05) is 20.0 Å². The topological polar surface area (TPSA) is 105 Å². The molecule has 0 spiro atoms. The van der Waals surface area contributed by atoms with Crippen molar-refractivity contribution in [3.8, 4) is 0 Å². The molecule has 8 heteroatoms. The van der Waals surface area contributed by atoms with Gasteiger partial charge in [-0.25, -0.2) is 0 Å². The van der Waals surface area contributed by atoms with E-state index >= 15 is 0 Å².